The van der Waals surface area contributed by atoms with Crippen LogP contribution in [0.3, 0.4) is 0 Å². The van der Waals surface area contributed by atoms with Gasteiger partial charge in [-0.2, -0.15) is 5.82 Å². The van der Waals surface area contributed by atoms with Gasteiger partial charge in [0.2, 0.25) is 0 Å². The van der Waals surface area contributed by atoms with Gasteiger partial charge in [-0.1, -0.05) is 19.9 Å². The molecule has 0 spiro atoms. The van der Waals surface area contributed by atoms with Gasteiger partial charge in [-0.15, -0.1) is 17.3 Å². The van der Waals surface area contributed by atoms with E-state index in [1.165, 1.54) is 30.6 Å². The molecule has 4 unspecified atom stereocenters. The largest absolute Gasteiger partial charge is 0.187 e. The van der Waals surface area contributed by atoms with Crippen LogP contribution in [0.15, 0.2) is 17.5 Å². The summed E-state index contributed by atoms with van der Waals surface area (Å²) >= 11 is 1.87. The molecule has 1 aliphatic rings. The highest BCUT2D eigenvalue weighted by Crippen LogP contribution is 2.43. The third-order valence-electron chi connectivity index (χ3n) is 4.34. The summed E-state index contributed by atoms with van der Waals surface area (Å²) in [5.41, 5.74) is 0. The Morgan fingerprint density at radius 1 is 1.39 bits per heavy atom. The van der Waals surface area contributed by atoms with E-state index in [4.69, 9.17) is 7.85 Å². The highest BCUT2D eigenvalue weighted by Gasteiger charge is 2.36. The molecule has 2 heteroatoms. The Labute approximate surface area is 117 Å². The van der Waals surface area contributed by atoms with Crippen LogP contribution in [0.5, 0.6) is 0 Å². The van der Waals surface area contributed by atoms with Gasteiger partial charge >= 0.3 is 0 Å². The molecule has 1 heterocycles. The molecule has 2 rings (SSSR count). The fourth-order valence-corrected chi connectivity index (χ4v) is 4.21. The maximum absolute atomic E-state index is 5.42. The first-order valence-electron chi connectivity index (χ1n) is 6.96. The molecular weight excluding hydrogens is 235 g/mol. The highest BCUT2D eigenvalue weighted by molar-refractivity contribution is 7.09. The molecule has 94 valence electrons. The van der Waals surface area contributed by atoms with Crippen molar-refractivity contribution < 1.29 is 0 Å². The minimum Gasteiger partial charge on any atom is -0.172 e. The van der Waals surface area contributed by atoms with Crippen molar-refractivity contribution >= 4 is 19.2 Å². The van der Waals surface area contributed by atoms with Gasteiger partial charge < -0.3 is 0 Å². The Balaban J connectivity index is 1.87. The van der Waals surface area contributed by atoms with Crippen LogP contribution in [-0.4, -0.2) is 7.85 Å². The lowest BCUT2D eigenvalue weighted by Crippen LogP contribution is -2.14. The molecule has 0 aromatic carbocycles. The van der Waals surface area contributed by atoms with Crippen molar-refractivity contribution in [3.05, 3.63) is 22.4 Å². The molecule has 18 heavy (non-hydrogen) atoms. The molecule has 1 saturated carbocycles. The molecule has 1 aromatic heterocycles. The standard InChI is InChI=1S/C16H21BS/c1-12-11-13(2)16(8-9-17)15(12)7-3-5-14-6-4-10-18-14/h4,6,10,12-13,15-16H,3,5,7,11H2,1-2H3. The number of rotatable bonds is 4. The summed E-state index contributed by atoms with van der Waals surface area (Å²) in [5, 5.41) is 2.16. The van der Waals surface area contributed by atoms with E-state index in [2.05, 4.69) is 43.1 Å². The molecule has 1 aliphatic carbocycles. The van der Waals surface area contributed by atoms with Crippen LogP contribution in [0.25, 0.3) is 0 Å². The van der Waals surface area contributed by atoms with E-state index < -0.39 is 0 Å². The van der Waals surface area contributed by atoms with E-state index in [0.717, 1.165) is 11.8 Å². The smallest absolute Gasteiger partial charge is 0.172 e. The van der Waals surface area contributed by atoms with Crippen molar-refractivity contribution in [1.82, 2.24) is 0 Å². The molecular formula is C16H21BS. The second-order valence-corrected chi connectivity index (χ2v) is 6.67. The van der Waals surface area contributed by atoms with Crippen LogP contribution in [0.2, 0.25) is 0 Å². The summed E-state index contributed by atoms with van der Waals surface area (Å²) in [4.78, 5) is 1.51. The van der Waals surface area contributed by atoms with Crippen LogP contribution < -0.4 is 0 Å². The zero-order valence-electron chi connectivity index (χ0n) is 11.4. The van der Waals surface area contributed by atoms with E-state index in [9.17, 15) is 0 Å². The van der Waals surface area contributed by atoms with Crippen molar-refractivity contribution in [2.45, 2.75) is 39.5 Å². The second-order valence-electron chi connectivity index (χ2n) is 5.64. The minimum absolute atomic E-state index is 0.522. The van der Waals surface area contributed by atoms with Gasteiger partial charge in [0.1, 0.15) is 0 Å². The lowest BCUT2D eigenvalue weighted by atomic mass is 9.84. The quantitative estimate of drug-likeness (QED) is 0.561. The zero-order chi connectivity index (χ0) is 13.0. The van der Waals surface area contributed by atoms with E-state index in [1.807, 2.05) is 11.3 Å². The molecule has 1 fully saturated rings. The van der Waals surface area contributed by atoms with E-state index in [0.29, 0.717) is 11.8 Å². The van der Waals surface area contributed by atoms with Gasteiger partial charge in [0, 0.05) is 10.8 Å². The first-order valence-corrected chi connectivity index (χ1v) is 7.84. The Morgan fingerprint density at radius 3 is 2.89 bits per heavy atom. The Morgan fingerprint density at radius 2 is 2.22 bits per heavy atom. The number of aryl methyl sites for hydroxylation is 1. The fourth-order valence-electron chi connectivity index (χ4n) is 3.46. The molecule has 0 aliphatic heterocycles. The predicted octanol–water partition coefficient (Wildman–Crippen LogP) is 4.11. The molecule has 2 radical (unpaired) electrons. The molecule has 0 amide bonds. The first-order chi connectivity index (χ1) is 8.72. The highest BCUT2D eigenvalue weighted by atomic mass is 32.1. The van der Waals surface area contributed by atoms with E-state index >= 15 is 0 Å². The lowest BCUT2D eigenvalue weighted by Gasteiger charge is -2.20. The Kier molecular flexibility index (Phi) is 4.95. The van der Waals surface area contributed by atoms with Crippen LogP contribution in [0, 0.1) is 35.4 Å². The van der Waals surface area contributed by atoms with Crippen LogP contribution in [0.4, 0.5) is 0 Å². The van der Waals surface area contributed by atoms with Gasteiger partial charge in [-0.25, -0.2) is 0 Å². The number of hydrogen-bond donors (Lipinski definition) is 0. The fraction of sp³-hybridized carbons (Fsp3) is 0.625. The SMILES string of the molecule is [B]C#CC1C(C)CC(C)C1CCCc1cccs1. The summed E-state index contributed by atoms with van der Waals surface area (Å²) in [7, 11) is 5.42. The predicted molar refractivity (Wildman–Crippen MR) is 80.7 cm³/mol. The molecule has 0 saturated heterocycles. The van der Waals surface area contributed by atoms with Gasteiger partial charge in [0.15, 0.2) is 7.85 Å². The van der Waals surface area contributed by atoms with Crippen LogP contribution in [-0.2, 0) is 6.42 Å². The summed E-state index contributed by atoms with van der Waals surface area (Å²) in [6.07, 6.45) is 5.11. The lowest BCUT2D eigenvalue weighted by molar-refractivity contribution is 0.333. The normalized spacial score (nSPS) is 31.0. The van der Waals surface area contributed by atoms with E-state index in [1.54, 1.807) is 0 Å². The average molecular weight is 256 g/mol. The van der Waals surface area contributed by atoms with E-state index in [-0.39, 0.29) is 0 Å². The molecule has 0 bridgehead atoms. The maximum atomic E-state index is 5.42. The summed E-state index contributed by atoms with van der Waals surface area (Å²) in [6, 6.07) is 4.38. The minimum atomic E-state index is 0.522. The molecule has 0 N–H and O–H groups in total. The summed E-state index contributed by atoms with van der Waals surface area (Å²) in [5.74, 6) is 8.67. The first kappa shape index (κ1) is 13.7. The zero-order valence-corrected chi connectivity index (χ0v) is 12.2. The summed E-state index contributed by atoms with van der Waals surface area (Å²) < 4.78 is 0. The molecule has 0 nitrogen and oxygen atoms in total. The van der Waals surface area contributed by atoms with Crippen LogP contribution in [0.1, 0.15) is 38.0 Å². The van der Waals surface area contributed by atoms with Crippen molar-refractivity contribution in [2.24, 2.45) is 23.7 Å². The van der Waals surface area contributed by atoms with Crippen molar-refractivity contribution in [3.8, 4) is 11.7 Å². The third-order valence-corrected chi connectivity index (χ3v) is 5.28. The Hall–Kier alpha value is -0.675. The van der Waals surface area contributed by atoms with Gasteiger partial charge in [0.25, 0.3) is 0 Å². The van der Waals surface area contributed by atoms with Crippen molar-refractivity contribution in [2.75, 3.05) is 0 Å². The second kappa shape index (κ2) is 6.48. The average Bonchev–Trinajstić information content (AvgIpc) is 2.92. The Bertz CT molecular complexity index is 412. The monoisotopic (exact) mass is 256 g/mol. The van der Waals surface area contributed by atoms with Crippen LogP contribution >= 0.6 is 11.3 Å². The third kappa shape index (κ3) is 3.20. The van der Waals surface area contributed by atoms with Crippen molar-refractivity contribution in [1.29, 1.82) is 0 Å². The molecule has 1 aromatic rings. The number of thiophene rings is 1. The van der Waals surface area contributed by atoms with Gasteiger partial charge in [-0.05, 0) is 54.9 Å². The number of hydrogen-bond acceptors (Lipinski definition) is 1. The van der Waals surface area contributed by atoms with Gasteiger partial charge in [0.05, 0.1) is 0 Å². The topological polar surface area (TPSA) is 0 Å². The van der Waals surface area contributed by atoms with Gasteiger partial charge in [-0.3, -0.25) is 0 Å². The molecule has 4 atom stereocenters. The maximum Gasteiger partial charge on any atom is 0.187 e. The van der Waals surface area contributed by atoms with Crippen molar-refractivity contribution in [3.63, 3.8) is 0 Å². The summed E-state index contributed by atoms with van der Waals surface area (Å²) in [6.45, 7) is 4.70.